The average Bonchev–Trinajstić information content (AvgIpc) is 3.72. The molecule has 5 aliphatic rings. The summed E-state index contributed by atoms with van der Waals surface area (Å²) in [6, 6.07) is 41.4. The molecule has 64 heavy (non-hydrogen) atoms. The summed E-state index contributed by atoms with van der Waals surface area (Å²) in [7, 11) is 0. The second-order valence-electron chi connectivity index (χ2n) is 20.4. The Hall–Kier alpha value is -5.22. The van der Waals surface area contributed by atoms with Gasteiger partial charge >= 0.3 is 0 Å². The Balaban J connectivity index is 1.28. The molecule has 5 aromatic carbocycles. The summed E-state index contributed by atoms with van der Waals surface area (Å²) in [5.41, 5.74) is 23.2. The molecule has 0 spiro atoms. The highest BCUT2D eigenvalue weighted by Gasteiger charge is 2.66. The maximum atomic E-state index is 7.18. The van der Waals surface area contributed by atoms with Crippen LogP contribution >= 0.6 is 0 Å². The van der Waals surface area contributed by atoms with E-state index in [-0.39, 0.29) is 18.5 Å². The lowest BCUT2D eigenvalue weighted by molar-refractivity contribution is 0.402. The summed E-state index contributed by atoms with van der Waals surface area (Å²) in [6.45, 7) is 19.6. The highest BCUT2D eigenvalue weighted by atomic mass is 16.3. The normalized spacial score (nSPS) is 22.4. The molecule has 0 saturated carbocycles. The second kappa shape index (κ2) is 15.7. The lowest BCUT2D eigenvalue weighted by Gasteiger charge is -2.66. The fraction of sp³-hybridized carbons (Fsp3) is 0.400. The lowest BCUT2D eigenvalue weighted by atomic mass is 9.27. The Bertz CT molecular complexity index is 2880. The molecule has 0 bridgehead atoms. The van der Waals surface area contributed by atoms with Crippen molar-refractivity contribution in [2.45, 2.75) is 149 Å². The van der Waals surface area contributed by atoms with E-state index >= 15 is 0 Å². The zero-order valence-corrected chi connectivity index (χ0v) is 39.8. The molecular weight excluding hydrogens is 775 g/mol. The molecule has 11 rings (SSSR count). The molecule has 0 saturated heterocycles. The van der Waals surface area contributed by atoms with Gasteiger partial charge in [0.05, 0.1) is 5.54 Å². The Morgan fingerprint density at radius 2 is 1.14 bits per heavy atom. The number of nitrogens with zero attached hydrogens (tertiary/aromatic N) is 2. The third-order valence-electron chi connectivity index (χ3n) is 16.5. The van der Waals surface area contributed by atoms with E-state index in [0.29, 0.717) is 0 Å². The molecule has 6 aromatic rings. The van der Waals surface area contributed by atoms with Crippen LogP contribution in [-0.4, -0.2) is 12.3 Å². The minimum atomic E-state index is -0.465. The summed E-state index contributed by atoms with van der Waals surface area (Å²) in [4.78, 5) is 5.59. The molecule has 3 aliphatic heterocycles. The van der Waals surface area contributed by atoms with Crippen LogP contribution in [0.2, 0.25) is 0 Å². The second-order valence-corrected chi connectivity index (χ2v) is 20.4. The van der Waals surface area contributed by atoms with Crippen molar-refractivity contribution in [3.8, 4) is 0 Å². The fourth-order valence-electron chi connectivity index (χ4n) is 13.6. The van der Waals surface area contributed by atoms with Crippen molar-refractivity contribution in [1.29, 1.82) is 0 Å². The van der Waals surface area contributed by atoms with E-state index in [1.165, 1.54) is 130 Å². The molecule has 4 heterocycles. The van der Waals surface area contributed by atoms with E-state index in [4.69, 9.17) is 4.42 Å². The molecule has 0 N–H and O–H groups in total. The highest BCUT2D eigenvalue weighted by molar-refractivity contribution is 6.94. The number of benzene rings is 5. The van der Waals surface area contributed by atoms with E-state index < -0.39 is 11.0 Å². The molecule has 4 heteroatoms. The zero-order chi connectivity index (χ0) is 44.1. The number of anilines is 4. The number of hydrogen-bond donors (Lipinski definition) is 0. The minimum absolute atomic E-state index is 0.102. The molecule has 4 unspecified atom stereocenters. The number of rotatable bonds is 13. The molecule has 1 aromatic heterocycles. The first-order valence-corrected chi connectivity index (χ1v) is 25.3. The molecule has 326 valence electrons. The van der Waals surface area contributed by atoms with Crippen molar-refractivity contribution in [2.75, 3.05) is 9.80 Å². The third kappa shape index (κ3) is 5.78. The number of aryl methyl sites for hydroxylation is 4. The van der Waals surface area contributed by atoms with Crippen LogP contribution in [-0.2, 0) is 31.1 Å². The molecule has 2 aliphatic carbocycles. The third-order valence-corrected chi connectivity index (χ3v) is 16.5. The summed E-state index contributed by atoms with van der Waals surface area (Å²) in [6.07, 6.45) is 14.0. The number of fused-ring (bicyclic) bond motifs is 12. The van der Waals surface area contributed by atoms with Gasteiger partial charge in [0.25, 0.3) is 0 Å². The highest BCUT2D eigenvalue weighted by Crippen LogP contribution is 2.69. The molecule has 0 fully saturated rings. The lowest BCUT2D eigenvalue weighted by Crippen LogP contribution is -2.71. The fourth-order valence-corrected chi connectivity index (χ4v) is 13.6. The van der Waals surface area contributed by atoms with Crippen LogP contribution < -0.4 is 20.7 Å². The summed E-state index contributed by atoms with van der Waals surface area (Å²) in [5, 5.41) is 1.26. The standard InChI is InChI=1S/C60H67BN2O/c1-9-13-19-40-25-30-44(31-26-40)62-50-33-28-42(21-15-11-3)36-47(50)61-48-37-43(22-16-12-4)29-34-51(48)63-49-32-27-41(20-14-10-2)35-46(49)59(7)54-45-23-17-18-24-52(45)64-56(54)39(6)53-38(5)55(62)58(61)60(63,8)57(53)59/h17-18,23-39H,9-16,19-22H2,1-8H3. The van der Waals surface area contributed by atoms with Crippen LogP contribution in [0.15, 0.2) is 130 Å². The van der Waals surface area contributed by atoms with Gasteiger partial charge in [-0.1, -0.05) is 134 Å². The van der Waals surface area contributed by atoms with Gasteiger partial charge in [-0.05, 0) is 157 Å². The molecule has 4 atom stereocenters. The van der Waals surface area contributed by atoms with E-state index in [0.717, 1.165) is 37.0 Å². The van der Waals surface area contributed by atoms with Gasteiger partial charge in [0.15, 0.2) is 0 Å². The van der Waals surface area contributed by atoms with Gasteiger partial charge < -0.3 is 14.2 Å². The van der Waals surface area contributed by atoms with Gasteiger partial charge in [-0.2, -0.15) is 0 Å². The minimum Gasteiger partial charge on any atom is -0.460 e. The molecule has 3 nitrogen and oxygen atoms in total. The largest absolute Gasteiger partial charge is 0.460 e. The smallest absolute Gasteiger partial charge is 0.247 e. The van der Waals surface area contributed by atoms with Gasteiger partial charge in [-0.15, -0.1) is 0 Å². The quantitative estimate of drug-likeness (QED) is 0.0853. The Kier molecular flexibility index (Phi) is 10.2. The SMILES string of the molecule is CCCCc1ccc(N2C3=C4B(c5cc(CCCC)ccc52)c2cc(CCCC)ccc2N2c5ccc(CCCC)cc5C5(C)C(=C(C3C)C(C)c3oc6ccccc6c35)C42C)cc1. The van der Waals surface area contributed by atoms with Crippen molar-refractivity contribution in [3.05, 3.63) is 165 Å². The van der Waals surface area contributed by atoms with Crippen LogP contribution in [0.5, 0.6) is 0 Å². The van der Waals surface area contributed by atoms with Crippen molar-refractivity contribution >= 4 is 51.4 Å². The zero-order valence-electron chi connectivity index (χ0n) is 39.8. The van der Waals surface area contributed by atoms with E-state index in [9.17, 15) is 0 Å². The first-order valence-electron chi connectivity index (χ1n) is 25.3. The summed E-state index contributed by atoms with van der Waals surface area (Å²) < 4.78 is 7.18. The van der Waals surface area contributed by atoms with Crippen molar-refractivity contribution in [2.24, 2.45) is 5.92 Å². The molecule has 0 amide bonds. The van der Waals surface area contributed by atoms with Gasteiger partial charge in [-0.25, -0.2) is 0 Å². The van der Waals surface area contributed by atoms with Crippen LogP contribution in [0.1, 0.15) is 152 Å². The number of unbranched alkanes of at least 4 members (excludes halogenated alkanes) is 4. The maximum Gasteiger partial charge on any atom is 0.247 e. The van der Waals surface area contributed by atoms with Gasteiger partial charge in [0, 0.05) is 56.6 Å². The van der Waals surface area contributed by atoms with E-state index in [2.05, 4.69) is 168 Å². The Morgan fingerprint density at radius 1 is 0.594 bits per heavy atom. The first kappa shape index (κ1) is 41.5. The van der Waals surface area contributed by atoms with Crippen LogP contribution in [0, 0.1) is 5.92 Å². The van der Waals surface area contributed by atoms with Crippen molar-refractivity contribution in [1.82, 2.24) is 0 Å². The Morgan fingerprint density at radius 3 is 1.78 bits per heavy atom. The van der Waals surface area contributed by atoms with Crippen molar-refractivity contribution in [3.63, 3.8) is 0 Å². The van der Waals surface area contributed by atoms with Crippen LogP contribution in [0.25, 0.3) is 11.0 Å². The number of furan rings is 1. The summed E-state index contributed by atoms with van der Waals surface area (Å²) >= 11 is 0. The number of para-hydroxylation sites is 1. The predicted octanol–water partition coefficient (Wildman–Crippen LogP) is 14.7. The van der Waals surface area contributed by atoms with Crippen LogP contribution in [0.3, 0.4) is 0 Å². The van der Waals surface area contributed by atoms with E-state index in [1.54, 1.807) is 16.6 Å². The van der Waals surface area contributed by atoms with Gasteiger partial charge in [0.2, 0.25) is 6.71 Å². The number of hydrogen-bond acceptors (Lipinski definition) is 3. The Labute approximate surface area is 383 Å². The molecule has 0 radical (unpaired) electrons. The topological polar surface area (TPSA) is 19.6 Å². The van der Waals surface area contributed by atoms with Crippen molar-refractivity contribution < 1.29 is 4.42 Å². The van der Waals surface area contributed by atoms with Crippen LogP contribution in [0.4, 0.5) is 22.7 Å². The average molecular weight is 843 g/mol. The van der Waals surface area contributed by atoms with Gasteiger partial charge in [-0.3, -0.25) is 0 Å². The predicted molar refractivity (Wildman–Crippen MR) is 272 cm³/mol. The van der Waals surface area contributed by atoms with E-state index in [1.807, 2.05) is 0 Å². The number of allylic oxidation sites excluding steroid dienone is 1. The first-order chi connectivity index (χ1) is 31.2. The van der Waals surface area contributed by atoms with Gasteiger partial charge in [0.1, 0.15) is 11.3 Å². The maximum absolute atomic E-state index is 7.18. The summed E-state index contributed by atoms with van der Waals surface area (Å²) in [5.74, 6) is 1.39. The molecular formula is C60H67BN2O. The monoisotopic (exact) mass is 843 g/mol.